The maximum Gasteiger partial charge on any atom is 0.0332 e. The normalized spacial score (nSPS) is 8.33. The molecule has 0 atom stereocenters. The number of terminal acetylenes is 1. The minimum Gasteiger partial charge on any atom is -0.399 e. The van der Waals surface area contributed by atoms with E-state index in [9.17, 15) is 0 Å². The minimum absolute atomic E-state index is 0.658. The van der Waals surface area contributed by atoms with E-state index < -0.39 is 0 Å². The van der Waals surface area contributed by atoms with E-state index in [0.29, 0.717) is 5.69 Å². The van der Waals surface area contributed by atoms with Crippen molar-refractivity contribution in [1.82, 2.24) is 0 Å². The van der Waals surface area contributed by atoms with Gasteiger partial charge in [0.2, 0.25) is 0 Å². The van der Waals surface area contributed by atoms with Gasteiger partial charge in [-0.1, -0.05) is 5.92 Å². The average Bonchev–Trinajstić information content (AvgIpc) is 1.88. The summed E-state index contributed by atoms with van der Waals surface area (Å²) in [5.41, 5.74) is 6.84. The van der Waals surface area contributed by atoms with Crippen molar-refractivity contribution in [2.75, 3.05) is 5.73 Å². The van der Waals surface area contributed by atoms with Crippen molar-refractivity contribution < 1.29 is 0 Å². The summed E-state index contributed by atoms with van der Waals surface area (Å²) in [5, 5.41) is 0. The summed E-state index contributed by atoms with van der Waals surface area (Å²) >= 11 is 0. The lowest BCUT2D eigenvalue weighted by atomic mass is 10.2. The molecule has 0 spiro atoms. The van der Waals surface area contributed by atoms with Crippen LogP contribution in [0.3, 0.4) is 0 Å². The van der Waals surface area contributed by atoms with Crippen LogP contribution >= 0.6 is 0 Å². The highest BCUT2D eigenvalue weighted by Gasteiger charge is 1.84. The highest BCUT2D eigenvalue weighted by atomic mass is 14.5. The van der Waals surface area contributed by atoms with E-state index >= 15 is 0 Å². The van der Waals surface area contributed by atoms with Crippen molar-refractivity contribution in [2.45, 2.75) is 0 Å². The van der Waals surface area contributed by atoms with Crippen LogP contribution in [0.2, 0.25) is 0 Å². The molecule has 1 heteroatoms. The van der Waals surface area contributed by atoms with Gasteiger partial charge in [-0.2, -0.15) is 0 Å². The molecule has 2 N–H and O–H groups in total. The smallest absolute Gasteiger partial charge is 0.0332 e. The molecule has 0 unspecified atom stereocenters. The number of anilines is 1. The molecule has 0 saturated heterocycles. The number of rotatable bonds is 0. The lowest BCUT2D eigenvalue weighted by molar-refractivity contribution is 1.62. The first kappa shape index (κ1) is 5.71. The molecule has 9 heavy (non-hydrogen) atoms. The molecule has 0 amide bonds. The van der Waals surface area contributed by atoms with Crippen molar-refractivity contribution >= 4 is 5.69 Å². The fraction of sp³-hybridized carbons (Fsp3) is 0. The zero-order valence-corrected chi connectivity index (χ0v) is 4.89. The van der Waals surface area contributed by atoms with Gasteiger partial charge in [0.1, 0.15) is 0 Å². The Bertz CT molecular complexity index is 245. The molecule has 1 radical (unpaired) electrons. The highest BCUT2D eigenvalue weighted by Crippen LogP contribution is 2.02. The first-order valence-electron chi connectivity index (χ1n) is 2.56. The third-order valence-corrected chi connectivity index (χ3v) is 0.978. The summed E-state index contributed by atoms with van der Waals surface area (Å²) in [5.74, 6) is 2.46. The zero-order chi connectivity index (χ0) is 6.69. The molecule has 0 aliphatic carbocycles. The Hall–Kier alpha value is -1.42. The number of nitrogen functional groups attached to an aromatic ring is 1. The van der Waals surface area contributed by atoms with Crippen LogP contribution in [0.5, 0.6) is 0 Å². The van der Waals surface area contributed by atoms with Crippen molar-refractivity contribution in [3.05, 3.63) is 29.8 Å². The van der Waals surface area contributed by atoms with Crippen LogP contribution in [0.1, 0.15) is 5.56 Å². The van der Waals surface area contributed by atoms with Crippen LogP contribution in [0.15, 0.2) is 18.2 Å². The monoisotopic (exact) mass is 116 g/mol. The van der Waals surface area contributed by atoms with E-state index in [4.69, 9.17) is 12.2 Å². The molecular weight excluding hydrogens is 110 g/mol. The standard InChI is InChI=1S/C8H6N/c1-2-7-4-3-5-8(9)6-7/h1,4-6H,9H2. The number of hydrogen-bond donors (Lipinski definition) is 1. The van der Waals surface area contributed by atoms with Crippen LogP contribution in [-0.2, 0) is 0 Å². The maximum absolute atomic E-state index is 5.41. The average molecular weight is 116 g/mol. The van der Waals surface area contributed by atoms with Gasteiger partial charge < -0.3 is 5.73 Å². The van der Waals surface area contributed by atoms with E-state index in [1.807, 2.05) is 0 Å². The van der Waals surface area contributed by atoms with Gasteiger partial charge in [-0.25, -0.2) is 0 Å². The first-order chi connectivity index (χ1) is 4.33. The molecule has 0 aliphatic heterocycles. The molecular formula is C8H6N. The molecule has 1 aromatic rings. The predicted molar refractivity (Wildman–Crippen MR) is 37.6 cm³/mol. The lowest BCUT2D eigenvalue weighted by Gasteiger charge is -1.90. The van der Waals surface area contributed by atoms with Crippen LogP contribution in [0.4, 0.5) is 5.69 Å². The first-order valence-corrected chi connectivity index (χ1v) is 2.56. The Balaban J connectivity index is 3.12. The Labute approximate surface area is 54.5 Å². The van der Waals surface area contributed by atoms with Crippen LogP contribution < -0.4 is 5.73 Å². The van der Waals surface area contributed by atoms with Gasteiger partial charge in [0.25, 0.3) is 0 Å². The Morgan fingerprint density at radius 3 is 2.78 bits per heavy atom. The second-order valence-electron chi connectivity index (χ2n) is 1.70. The van der Waals surface area contributed by atoms with E-state index in [-0.39, 0.29) is 0 Å². The van der Waals surface area contributed by atoms with E-state index in [1.165, 1.54) is 0 Å². The second kappa shape index (κ2) is 2.23. The van der Waals surface area contributed by atoms with Crippen LogP contribution in [-0.4, -0.2) is 0 Å². The molecule has 43 valence electrons. The topological polar surface area (TPSA) is 26.0 Å². The van der Waals surface area contributed by atoms with E-state index in [2.05, 4.69) is 12.0 Å². The van der Waals surface area contributed by atoms with Gasteiger partial charge in [0.05, 0.1) is 0 Å². The van der Waals surface area contributed by atoms with Gasteiger partial charge >= 0.3 is 0 Å². The zero-order valence-electron chi connectivity index (χ0n) is 4.89. The van der Waals surface area contributed by atoms with E-state index in [1.54, 1.807) is 18.2 Å². The fourth-order valence-corrected chi connectivity index (χ4v) is 0.574. The van der Waals surface area contributed by atoms with Gasteiger partial charge in [0.15, 0.2) is 0 Å². The molecule has 0 saturated carbocycles. The molecule has 1 aromatic carbocycles. The van der Waals surface area contributed by atoms with E-state index in [0.717, 1.165) is 5.56 Å². The molecule has 0 bridgehead atoms. The summed E-state index contributed by atoms with van der Waals surface area (Å²) in [4.78, 5) is 0. The van der Waals surface area contributed by atoms with Crippen molar-refractivity contribution in [2.24, 2.45) is 0 Å². The van der Waals surface area contributed by atoms with Gasteiger partial charge in [-0.3, -0.25) is 0 Å². The third-order valence-electron chi connectivity index (χ3n) is 0.978. The summed E-state index contributed by atoms with van der Waals surface area (Å²) in [6.45, 7) is 0. The SMILES string of the molecule is C#Cc1c[c]cc(N)c1. The Kier molecular flexibility index (Phi) is 1.42. The lowest BCUT2D eigenvalue weighted by Crippen LogP contribution is -1.83. The number of benzene rings is 1. The molecule has 1 rings (SSSR count). The molecule has 1 nitrogen and oxygen atoms in total. The quantitative estimate of drug-likeness (QED) is 0.398. The summed E-state index contributed by atoms with van der Waals surface area (Å²) < 4.78 is 0. The number of hydrogen-bond acceptors (Lipinski definition) is 1. The fourth-order valence-electron chi connectivity index (χ4n) is 0.574. The van der Waals surface area contributed by atoms with Crippen LogP contribution in [0, 0.1) is 18.4 Å². The third kappa shape index (κ3) is 1.23. The molecule has 0 fully saturated rings. The van der Waals surface area contributed by atoms with Crippen LogP contribution in [0.25, 0.3) is 0 Å². The Morgan fingerprint density at radius 1 is 1.56 bits per heavy atom. The summed E-state index contributed by atoms with van der Waals surface area (Å²) in [6, 6.07) is 7.95. The maximum atomic E-state index is 5.41. The summed E-state index contributed by atoms with van der Waals surface area (Å²) in [7, 11) is 0. The van der Waals surface area contributed by atoms with Crippen molar-refractivity contribution in [1.29, 1.82) is 0 Å². The second-order valence-corrected chi connectivity index (χ2v) is 1.70. The molecule has 0 aliphatic rings. The Morgan fingerprint density at radius 2 is 2.33 bits per heavy atom. The minimum atomic E-state index is 0.658. The van der Waals surface area contributed by atoms with Crippen molar-refractivity contribution in [3.63, 3.8) is 0 Å². The molecule has 0 aromatic heterocycles. The van der Waals surface area contributed by atoms with Gasteiger partial charge in [-0.05, 0) is 24.3 Å². The van der Waals surface area contributed by atoms with Crippen molar-refractivity contribution in [3.8, 4) is 12.3 Å². The van der Waals surface area contributed by atoms with Gasteiger partial charge in [0, 0.05) is 11.3 Å². The number of nitrogens with two attached hydrogens (primary N) is 1. The molecule has 0 heterocycles. The van der Waals surface area contributed by atoms with Gasteiger partial charge in [-0.15, -0.1) is 6.42 Å². The predicted octanol–water partition coefficient (Wildman–Crippen LogP) is 1.05. The summed E-state index contributed by atoms with van der Waals surface area (Å²) in [6.07, 6.45) is 5.09. The highest BCUT2D eigenvalue weighted by molar-refractivity contribution is 5.45. The largest absolute Gasteiger partial charge is 0.399 e.